The molecule has 33 heavy (non-hydrogen) atoms. The SMILES string of the molecule is O=C1C(=O)N(c2ccc(C(F)(F)F)cc2)C(c2ccc(F)cc2)/C1=C(\O)c1cccc(Cl)c1. The Bertz CT molecular complexity index is 1270. The number of alkyl halides is 3. The van der Waals surface area contributed by atoms with Gasteiger partial charge in [-0.3, -0.25) is 14.5 Å². The summed E-state index contributed by atoms with van der Waals surface area (Å²) in [6.07, 6.45) is -4.59. The topological polar surface area (TPSA) is 57.6 Å². The van der Waals surface area contributed by atoms with Crippen LogP contribution in [0.4, 0.5) is 23.2 Å². The Morgan fingerprint density at radius 1 is 0.939 bits per heavy atom. The predicted molar refractivity (Wildman–Crippen MR) is 114 cm³/mol. The van der Waals surface area contributed by atoms with E-state index in [1.165, 1.54) is 30.3 Å². The highest BCUT2D eigenvalue weighted by Crippen LogP contribution is 2.43. The number of hydrogen-bond acceptors (Lipinski definition) is 3. The van der Waals surface area contributed by atoms with Crippen molar-refractivity contribution < 1.29 is 32.3 Å². The van der Waals surface area contributed by atoms with Crippen molar-refractivity contribution in [2.24, 2.45) is 0 Å². The van der Waals surface area contributed by atoms with Crippen molar-refractivity contribution >= 4 is 34.7 Å². The van der Waals surface area contributed by atoms with E-state index in [0.717, 1.165) is 41.3 Å². The standard InChI is InChI=1S/C24H14ClF4NO3/c25-16-3-1-2-14(12-16)21(31)19-20(13-4-8-17(26)9-5-13)30(23(33)22(19)32)18-10-6-15(7-11-18)24(27,28)29/h1-12,20,31H/b21-19+. The van der Waals surface area contributed by atoms with Crippen molar-refractivity contribution in [2.45, 2.75) is 12.2 Å². The summed E-state index contributed by atoms with van der Waals surface area (Å²) >= 11 is 5.98. The zero-order valence-electron chi connectivity index (χ0n) is 16.6. The monoisotopic (exact) mass is 475 g/mol. The van der Waals surface area contributed by atoms with Crippen LogP contribution in [0.3, 0.4) is 0 Å². The third kappa shape index (κ3) is 4.21. The first-order valence-electron chi connectivity index (χ1n) is 9.57. The predicted octanol–water partition coefficient (Wildman–Crippen LogP) is 6.12. The molecule has 1 unspecified atom stereocenters. The number of Topliss-reactive ketones (excluding diaryl/α,β-unsaturated/α-hetero) is 1. The van der Waals surface area contributed by atoms with Crippen molar-refractivity contribution in [3.05, 3.63) is 106 Å². The van der Waals surface area contributed by atoms with Crippen molar-refractivity contribution in [3.63, 3.8) is 0 Å². The number of nitrogens with zero attached hydrogens (tertiary/aromatic N) is 1. The van der Waals surface area contributed by atoms with E-state index in [1.807, 2.05) is 0 Å². The van der Waals surface area contributed by atoms with Gasteiger partial charge in [0.2, 0.25) is 0 Å². The van der Waals surface area contributed by atoms with Gasteiger partial charge in [0, 0.05) is 16.3 Å². The van der Waals surface area contributed by atoms with E-state index in [0.29, 0.717) is 0 Å². The van der Waals surface area contributed by atoms with E-state index in [1.54, 1.807) is 6.07 Å². The van der Waals surface area contributed by atoms with Crippen LogP contribution in [0.5, 0.6) is 0 Å². The zero-order chi connectivity index (χ0) is 23.9. The van der Waals surface area contributed by atoms with Crippen molar-refractivity contribution in [3.8, 4) is 0 Å². The largest absolute Gasteiger partial charge is 0.507 e. The van der Waals surface area contributed by atoms with E-state index in [4.69, 9.17) is 11.6 Å². The summed E-state index contributed by atoms with van der Waals surface area (Å²) in [6, 6.07) is 13.3. The van der Waals surface area contributed by atoms with Crippen LogP contribution in [0.1, 0.15) is 22.7 Å². The van der Waals surface area contributed by atoms with Crippen LogP contribution in [-0.2, 0) is 15.8 Å². The molecule has 4 nitrogen and oxygen atoms in total. The lowest BCUT2D eigenvalue weighted by Crippen LogP contribution is -2.29. The van der Waals surface area contributed by atoms with Crippen LogP contribution < -0.4 is 4.90 Å². The molecule has 1 heterocycles. The molecule has 0 bridgehead atoms. The Balaban J connectivity index is 1.91. The van der Waals surface area contributed by atoms with Gasteiger partial charge in [-0.15, -0.1) is 0 Å². The second kappa shape index (κ2) is 8.37. The van der Waals surface area contributed by atoms with Gasteiger partial charge in [-0.25, -0.2) is 4.39 Å². The van der Waals surface area contributed by atoms with Crippen LogP contribution in [0.2, 0.25) is 5.02 Å². The van der Waals surface area contributed by atoms with Crippen molar-refractivity contribution in [2.75, 3.05) is 4.90 Å². The first-order chi connectivity index (χ1) is 15.6. The lowest BCUT2D eigenvalue weighted by Gasteiger charge is -2.25. The Kier molecular flexibility index (Phi) is 5.71. The Labute approximate surface area is 190 Å². The summed E-state index contributed by atoms with van der Waals surface area (Å²) in [4.78, 5) is 26.9. The van der Waals surface area contributed by atoms with Crippen LogP contribution >= 0.6 is 11.6 Å². The molecule has 0 spiro atoms. The Morgan fingerprint density at radius 2 is 1.58 bits per heavy atom. The van der Waals surface area contributed by atoms with Crippen LogP contribution in [0, 0.1) is 5.82 Å². The van der Waals surface area contributed by atoms with Crippen molar-refractivity contribution in [1.82, 2.24) is 0 Å². The molecule has 0 aliphatic carbocycles. The highest BCUT2D eigenvalue weighted by atomic mass is 35.5. The molecular formula is C24H14ClF4NO3. The van der Waals surface area contributed by atoms with Gasteiger partial charge in [-0.05, 0) is 54.1 Å². The molecule has 1 atom stereocenters. The van der Waals surface area contributed by atoms with Gasteiger partial charge in [-0.1, -0.05) is 35.9 Å². The first-order valence-corrected chi connectivity index (χ1v) is 9.95. The summed E-state index contributed by atoms with van der Waals surface area (Å²) in [5.41, 5.74) is -0.780. The number of aliphatic hydroxyl groups excluding tert-OH is 1. The average Bonchev–Trinajstić information content (AvgIpc) is 3.04. The summed E-state index contributed by atoms with van der Waals surface area (Å²) in [6.45, 7) is 0. The number of carbonyl (C=O) groups excluding carboxylic acids is 2. The first kappa shape index (κ1) is 22.5. The van der Waals surface area contributed by atoms with Crippen LogP contribution in [-0.4, -0.2) is 16.8 Å². The Morgan fingerprint density at radius 3 is 2.15 bits per heavy atom. The minimum absolute atomic E-state index is 0.00423. The maximum absolute atomic E-state index is 13.5. The number of hydrogen-bond donors (Lipinski definition) is 1. The minimum atomic E-state index is -4.59. The third-order valence-electron chi connectivity index (χ3n) is 5.20. The third-order valence-corrected chi connectivity index (χ3v) is 5.44. The van der Waals surface area contributed by atoms with E-state index in [9.17, 15) is 32.3 Å². The molecule has 1 saturated heterocycles. The Hall–Kier alpha value is -3.65. The summed E-state index contributed by atoms with van der Waals surface area (Å²) < 4.78 is 52.5. The normalized spacial score (nSPS) is 18.1. The quantitative estimate of drug-likeness (QED) is 0.215. The molecular weight excluding hydrogens is 462 g/mol. The summed E-state index contributed by atoms with van der Waals surface area (Å²) in [7, 11) is 0. The van der Waals surface area contributed by atoms with E-state index < -0.39 is 41.0 Å². The van der Waals surface area contributed by atoms with E-state index in [-0.39, 0.29) is 27.4 Å². The maximum atomic E-state index is 13.5. The smallest absolute Gasteiger partial charge is 0.416 e. The molecule has 1 aliphatic heterocycles. The van der Waals surface area contributed by atoms with Gasteiger partial charge in [0.15, 0.2) is 0 Å². The summed E-state index contributed by atoms with van der Waals surface area (Å²) in [5.74, 6) is -3.17. The fourth-order valence-electron chi connectivity index (χ4n) is 3.66. The molecule has 3 aromatic carbocycles. The highest BCUT2D eigenvalue weighted by molar-refractivity contribution is 6.51. The van der Waals surface area contributed by atoms with E-state index >= 15 is 0 Å². The second-order valence-electron chi connectivity index (χ2n) is 7.28. The molecule has 3 aromatic rings. The average molecular weight is 476 g/mol. The number of rotatable bonds is 3. The number of carbonyl (C=O) groups is 2. The van der Waals surface area contributed by atoms with Gasteiger partial charge in [0.25, 0.3) is 11.7 Å². The molecule has 168 valence electrons. The number of benzene rings is 3. The number of ketones is 1. The van der Waals surface area contributed by atoms with Crippen LogP contribution in [0.15, 0.2) is 78.4 Å². The van der Waals surface area contributed by atoms with Gasteiger partial charge >= 0.3 is 6.18 Å². The zero-order valence-corrected chi connectivity index (χ0v) is 17.4. The fraction of sp³-hybridized carbons (Fsp3) is 0.0833. The molecule has 0 aromatic heterocycles. The molecule has 9 heteroatoms. The van der Waals surface area contributed by atoms with Crippen molar-refractivity contribution in [1.29, 1.82) is 0 Å². The lowest BCUT2D eigenvalue weighted by molar-refractivity contribution is -0.137. The van der Waals surface area contributed by atoms with Gasteiger partial charge in [-0.2, -0.15) is 13.2 Å². The molecule has 0 saturated carbocycles. The molecule has 1 aliphatic rings. The van der Waals surface area contributed by atoms with Gasteiger partial charge in [0.1, 0.15) is 11.6 Å². The van der Waals surface area contributed by atoms with Gasteiger partial charge in [0.05, 0.1) is 17.2 Å². The molecule has 1 N–H and O–H groups in total. The number of halogens is 5. The molecule has 4 rings (SSSR count). The fourth-order valence-corrected chi connectivity index (χ4v) is 3.85. The lowest BCUT2D eigenvalue weighted by atomic mass is 9.95. The maximum Gasteiger partial charge on any atom is 0.416 e. The van der Waals surface area contributed by atoms with E-state index in [2.05, 4.69) is 0 Å². The second-order valence-corrected chi connectivity index (χ2v) is 7.71. The molecule has 1 fully saturated rings. The molecule has 1 amide bonds. The summed E-state index contributed by atoms with van der Waals surface area (Å²) in [5, 5.41) is 11.2. The highest BCUT2D eigenvalue weighted by Gasteiger charge is 2.47. The minimum Gasteiger partial charge on any atom is -0.507 e. The number of aliphatic hydroxyl groups is 1. The van der Waals surface area contributed by atoms with Gasteiger partial charge < -0.3 is 5.11 Å². The molecule has 0 radical (unpaired) electrons. The number of amides is 1. The van der Waals surface area contributed by atoms with Crippen LogP contribution in [0.25, 0.3) is 5.76 Å². The number of anilines is 1.